The molecule has 35 heavy (non-hydrogen) atoms. The standard InChI is InChI=1S/C24H28N8O2S/c1-5-34-24-26-13-19(35-24)20(27-16(4)17-9-11-18(12-10-17)28-23(25)33)22-29-30-31-32(22)21-14(2)7-6-8-15(21)3/h6-13,16,20,27H,5H2,1-4H3,(H3,25,28,33). The number of benzene rings is 2. The fourth-order valence-electron chi connectivity index (χ4n) is 3.89. The van der Waals surface area contributed by atoms with Crippen LogP contribution in [0.4, 0.5) is 10.5 Å². The number of thiazole rings is 1. The molecule has 0 bridgehead atoms. The van der Waals surface area contributed by atoms with Crippen molar-refractivity contribution >= 4 is 23.1 Å². The van der Waals surface area contributed by atoms with E-state index >= 15 is 0 Å². The predicted octanol–water partition coefficient (Wildman–Crippen LogP) is 4.07. The van der Waals surface area contributed by atoms with Crippen molar-refractivity contribution in [3.05, 3.63) is 76.1 Å². The number of hydrogen-bond acceptors (Lipinski definition) is 8. The minimum Gasteiger partial charge on any atom is -0.470 e. The van der Waals surface area contributed by atoms with Crippen LogP contribution in [0.15, 0.2) is 48.7 Å². The zero-order valence-electron chi connectivity index (χ0n) is 20.0. The number of nitrogens with two attached hydrogens (primary N) is 1. The average molecular weight is 493 g/mol. The molecule has 0 aliphatic heterocycles. The van der Waals surface area contributed by atoms with Gasteiger partial charge >= 0.3 is 6.03 Å². The van der Waals surface area contributed by atoms with E-state index in [1.165, 1.54) is 11.3 Å². The normalized spacial score (nSPS) is 12.8. The number of aromatic nitrogens is 5. The molecule has 0 saturated heterocycles. The summed E-state index contributed by atoms with van der Waals surface area (Å²) < 4.78 is 7.40. The van der Waals surface area contributed by atoms with Crippen LogP contribution in [0.3, 0.4) is 0 Å². The number of carbonyl (C=O) groups excluding carboxylic acids is 1. The Hall–Kier alpha value is -3.83. The van der Waals surface area contributed by atoms with E-state index < -0.39 is 6.03 Å². The number of rotatable bonds is 9. The summed E-state index contributed by atoms with van der Waals surface area (Å²) in [6, 6.07) is 12.6. The summed E-state index contributed by atoms with van der Waals surface area (Å²) in [6.45, 7) is 8.60. The quantitative estimate of drug-likeness (QED) is 0.321. The molecule has 11 heteroatoms. The molecule has 4 rings (SSSR count). The number of para-hydroxylation sites is 1. The molecular weight excluding hydrogens is 464 g/mol. The molecule has 0 radical (unpaired) electrons. The van der Waals surface area contributed by atoms with E-state index in [1.807, 2.05) is 63.2 Å². The molecule has 182 valence electrons. The Morgan fingerprint density at radius 1 is 1.17 bits per heavy atom. The molecule has 2 amide bonds. The van der Waals surface area contributed by atoms with Crippen LogP contribution in [0.2, 0.25) is 0 Å². The predicted molar refractivity (Wildman–Crippen MR) is 135 cm³/mol. The number of nitrogens with zero attached hydrogens (tertiary/aromatic N) is 5. The maximum absolute atomic E-state index is 11.1. The largest absolute Gasteiger partial charge is 0.470 e. The second-order valence-corrected chi connectivity index (χ2v) is 9.11. The fraction of sp³-hybridized carbons (Fsp3) is 0.292. The van der Waals surface area contributed by atoms with Crippen molar-refractivity contribution in [2.45, 2.75) is 39.8 Å². The molecule has 2 heterocycles. The van der Waals surface area contributed by atoms with Crippen LogP contribution < -0.4 is 21.1 Å². The molecule has 2 unspecified atom stereocenters. The van der Waals surface area contributed by atoms with E-state index in [2.05, 4.69) is 38.1 Å². The number of urea groups is 1. The Kier molecular flexibility index (Phi) is 7.37. The topological polar surface area (TPSA) is 133 Å². The first-order valence-electron chi connectivity index (χ1n) is 11.2. The monoisotopic (exact) mass is 492 g/mol. The van der Waals surface area contributed by atoms with Gasteiger partial charge in [-0.1, -0.05) is 41.7 Å². The molecule has 10 nitrogen and oxygen atoms in total. The molecule has 2 aromatic carbocycles. The number of anilines is 1. The number of carbonyl (C=O) groups is 1. The highest BCUT2D eigenvalue weighted by Gasteiger charge is 2.27. The van der Waals surface area contributed by atoms with Gasteiger partial charge in [0.05, 0.1) is 17.2 Å². The lowest BCUT2D eigenvalue weighted by Crippen LogP contribution is -2.28. The van der Waals surface area contributed by atoms with Gasteiger partial charge in [-0.3, -0.25) is 5.32 Å². The number of amides is 2. The van der Waals surface area contributed by atoms with Gasteiger partial charge in [-0.05, 0) is 66.9 Å². The molecule has 2 atom stereocenters. The van der Waals surface area contributed by atoms with Crippen LogP contribution in [0.1, 0.15) is 53.3 Å². The van der Waals surface area contributed by atoms with Crippen LogP contribution in [0, 0.1) is 13.8 Å². The summed E-state index contributed by atoms with van der Waals surface area (Å²) >= 11 is 1.46. The third-order valence-electron chi connectivity index (χ3n) is 5.55. The third kappa shape index (κ3) is 5.47. The molecule has 0 saturated carbocycles. The van der Waals surface area contributed by atoms with Gasteiger partial charge in [0, 0.05) is 17.9 Å². The first kappa shape index (κ1) is 24.3. The average Bonchev–Trinajstić information content (AvgIpc) is 3.48. The van der Waals surface area contributed by atoms with Gasteiger partial charge in [0.2, 0.25) is 0 Å². The van der Waals surface area contributed by atoms with Crippen LogP contribution in [0.25, 0.3) is 5.69 Å². The smallest absolute Gasteiger partial charge is 0.316 e. The maximum Gasteiger partial charge on any atom is 0.316 e. The Balaban J connectivity index is 1.71. The highest BCUT2D eigenvalue weighted by molar-refractivity contribution is 7.13. The molecule has 4 N–H and O–H groups in total. The molecule has 0 aliphatic carbocycles. The van der Waals surface area contributed by atoms with Crippen molar-refractivity contribution in [3.8, 4) is 10.9 Å². The number of primary amides is 1. The fourth-order valence-corrected chi connectivity index (χ4v) is 4.77. The van der Waals surface area contributed by atoms with Gasteiger partial charge in [0.1, 0.15) is 6.04 Å². The molecule has 2 aromatic heterocycles. The number of ether oxygens (including phenoxy) is 1. The van der Waals surface area contributed by atoms with Crippen LogP contribution in [0.5, 0.6) is 5.19 Å². The van der Waals surface area contributed by atoms with E-state index in [1.54, 1.807) is 10.9 Å². The summed E-state index contributed by atoms with van der Waals surface area (Å²) in [5.41, 5.74) is 9.96. The SMILES string of the molecule is CCOc1ncc(C(NC(C)c2ccc(NC(N)=O)cc2)c2nnnn2-c2c(C)cccc2C)s1. The van der Waals surface area contributed by atoms with Gasteiger partial charge in [0.25, 0.3) is 5.19 Å². The van der Waals surface area contributed by atoms with E-state index in [-0.39, 0.29) is 12.1 Å². The zero-order valence-corrected chi connectivity index (χ0v) is 20.8. The van der Waals surface area contributed by atoms with E-state index in [4.69, 9.17) is 10.5 Å². The van der Waals surface area contributed by atoms with Gasteiger partial charge in [-0.25, -0.2) is 9.78 Å². The number of hydrogen-bond donors (Lipinski definition) is 3. The van der Waals surface area contributed by atoms with Crippen molar-refractivity contribution in [1.29, 1.82) is 0 Å². The van der Waals surface area contributed by atoms with Crippen LogP contribution >= 0.6 is 11.3 Å². The minimum atomic E-state index is -0.599. The van der Waals surface area contributed by atoms with Crippen molar-refractivity contribution in [2.75, 3.05) is 11.9 Å². The number of aryl methyl sites for hydroxylation is 2. The molecule has 0 spiro atoms. The second kappa shape index (κ2) is 10.6. The van der Waals surface area contributed by atoms with Crippen molar-refractivity contribution in [1.82, 2.24) is 30.5 Å². The zero-order chi connectivity index (χ0) is 24.9. The summed E-state index contributed by atoms with van der Waals surface area (Å²) in [5.74, 6) is 0.646. The van der Waals surface area contributed by atoms with E-state index in [0.717, 1.165) is 27.3 Å². The van der Waals surface area contributed by atoms with Gasteiger partial charge in [-0.15, -0.1) is 5.10 Å². The molecule has 4 aromatic rings. The summed E-state index contributed by atoms with van der Waals surface area (Å²) in [7, 11) is 0. The van der Waals surface area contributed by atoms with Crippen molar-refractivity contribution < 1.29 is 9.53 Å². The summed E-state index contributed by atoms with van der Waals surface area (Å²) in [4.78, 5) is 16.5. The van der Waals surface area contributed by atoms with Gasteiger partial charge < -0.3 is 15.8 Å². The highest BCUT2D eigenvalue weighted by Crippen LogP contribution is 2.33. The first-order valence-corrected chi connectivity index (χ1v) is 12.0. The minimum absolute atomic E-state index is 0.0802. The van der Waals surface area contributed by atoms with Crippen molar-refractivity contribution in [3.63, 3.8) is 0 Å². The maximum atomic E-state index is 11.1. The Morgan fingerprint density at radius 2 is 1.89 bits per heavy atom. The number of nitrogens with one attached hydrogen (secondary N) is 2. The number of tetrazole rings is 1. The van der Waals surface area contributed by atoms with E-state index in [0.29, 0.717) is 23.3 Å². The summed E-state index contributed by atoms with van der Waals surface area (Å²) in [5, 5.41) is 19.6. The van der Waals surface area contributed by atoms with Crippen LogP contribution in [-0.2, 0) is 0 Å². The first-order chi connectivity index (χ1) is 16.9. The Bertz CT molecular complexity index is 1280. The third-order valence-corrected chi connectivity index (χ3v) is 6.53. The second-order valence-electron chi connectivity index (χ2n) is 8.08. The Labute approximate surface area is 207 Å². The van der Waals surface area contributed by atoms with Gasteiger partial charge in [-0.2, -0.15) is 4.68 Å². The van der Waals surface area contributed by atoms with E-state index in [9.17, 15) is 4.79 Å². The Morgan fingerprint density at radius 3 is 2.54 bits per heavy atom. The van der Waals surface area contributed by atoms with Crippen molar-refractivity contribution in [2.24, 2.45) is 5.73 Å². The molecular formula is C24H28N8O2S. The highest BCUT2D eigenvalue weighted by atomic mass is 32.1. The lowest BCUT2D eigenvalue weighted by atomic mass is 10.1. The summed E-state index contributed by atoms with van der Waals surface area (Å²) in [6.07, 6.45) is 1.80. The van der Waals surface area contributed by atoms with Crippen LogP contribution in [-0.4, -0.2) is 37.8 Å². The molecule has 0 fully saturated rings. The molecule has 0 aliphatic rings. The lowest BCUT2D eigenvalue weighted by molar-refractivity contribution is 0.259. The lowest BCUT2D eigenvalue weighted by Gasteiger charge is -2.23. The van der Waals surface area contributed by atoms with Gasteiger partial charge in [0.15, 0.2) is 5.82 Å².